The number of aliphatic hydroxyl groups excluding tert-OH is 1. The first-order valence-corrected chi connectivity index (χ1v) is 11.9. The third-order valence-corrected chi connectivity index (χ3v) is 7.40. The van der Waals surface area contributed by atoms with Crippen LogP contribution in [0.15, 0.2) is 11.1 Å². The normalized spacial score (nSPS) is 22.8. The molecule has 4 N–H and O–H groups in total. The van der Waals surface area contributed by atoms with Crippen LogP contribution in [-0.4, -0.2) is 56.2 Å². The maximum absolute atomic E-state index is 12.1. The summed E-state index contributed by atoms with van der Waals surface area (Å²) in [4.78, 5) is 31.3. The van der Waals surface area contributed by atoms with Gasteiger partial charge in [0.25, 0.3) is 0 Å². The molecule has 168 valence electrons. The van der Waals surface area contributed by atoms with Gasteiger partial charge in [-0.05, 0) is 17.4 Å². The van der Waals surface area contributed by atoms with Gasteiger partial charge in [-0.2, -0.15) is 4.98 Å². The minimum Gasteiger partial charge on any atom is -0.464 e. The molecule has 1 aromatic heterocycles. The molecule has 2 unspecified atom stereocenters. The first-order chi connectivity index (χ1) is 14.2. The van der Waals surface area contributed by atoms with E-state index < -0.39 is 37.2 Å². The molecule has 0 aromatic carbocycles. The Labute approximate surface area is 180 Å². The lowest BCUT2D eigenvalue weighted by Crippen LogP contribution is -2.32. The van der Waals surface area contributed by atoms with Crippen molar-refractivity contribution in [3.8, 4) is 0 Å². The molecule has 2 heterocycles. The van der Waals surface area contributed by atoms with Crippen LogP contribution >= 0.6 is 19.9 Å². The summed E-state index contributed by atoms with van der Waals surface area (Å²) < 4.78 is 24.0. The number of hydrogen-bond donors (Lipinski definition) is 3. The Hall–Kier alpha value is -1.59. The summed E-state index contributed by atoms with van der Waals surface area (Å²) in [5, 5.41) is 12.0. The molecule has 5 atom stereocenters. The molecule has 1 fully saturated rings. The molecule has 1 saturated heterocycles. The van der Waals surface area contributed by atoms with Gasteiger partial charge in [-0.25, -0.2) is 9.78 Å². The smallest absolute Gasteiger partial charge is 0.464 e. The lowest BCUT2D eigenvalue weighted by Gasteiger charge is -2.14. The van der Waals surface area contributed by atoms with Gasteiger partial charge < -0.3 is 15.6 Å². The lowest BCUT2D eigenvalue weighted by atomic mass is 10.1. The van der Waals surface area contributed by atoms with Gasteiger partial charge in [0.1, 0.15) is 19.0 Å². The summed E-state index contributed by atoms with van der Waals surface area (Å²) >= 11 is 1.29. The Morgan fingerprint density at radius 1 is 1.50 bits per heavy atom. The Balaban J connectivity index is 1.78. The molecule has 30 heavy (non-hydrogen) atoms. The van der Waals surface area contributed by atoms with Gasteiger partial charge in [0.15, 0.2) is 0 Å². The number of thioether (sulfide) groups is 1. The number of carbonyl (C=O) groups excluding carboxylic acids is 1. The van der Waals surface area contributed by atoms with Gasteiger partial charge in [0, 0.05) is 6.42 Å². The van der Waals surface area contributed by atoms with E-state index in [4.69, 9.17) is 15.0 Å². The third kappa shape index (κ3) is 6.98. The van der Waals surface area contributed by atoms with Crippen molar-refractivity contribution < 1.29 is 23.7 Å². The Kier molecular flexibility index (Phi) is 9.63. The highest BCUT2D eigenvalue weighted by Crippen LogP contribution is 2.41. The minimum absolute atomic E-state index is 0.0232. The number of ether oxygens (including phenoxy) is 1. The number of nitrogens with one attached hydrogen (secondary N) is 1. The predicted octanol–water partition coefficient (Wildman–Crippen LogP) is 1.22. The van der Waals surface area contributed by atoms with E-state index in [0.717, 1.165) is 12.8 Å². The summed E-state index contributed by atoms with van der Waals surface area (Å²) in [6.07, 6.45) is 2.64. The molecule has 0 amide bonds. The monoisotopic (exact) mass is 462 g/mol. The van der Waals surface area contributed by atoms with Crippen LogP contribution in [0, 0.1) is 5.92 Å². The number of esters is 1. The van der Waals surface area contributed by atoms with Crippen molar-refractivity contribution in [2.45, 2.75) is 62.8 Å². The third-order valence-electron chi connectivity index (χ3n) is 4.88. The highest BCUT2D eigenvalue weighted by Gasteiger charge is 2.38. The van der Waals surface area contributed by atoms with Gasteiger partial charge in [-0.1, -0.05) is 31.8 Å². The van der Waals surface area contributed by atoms with E-state index in [1.54, 1.807) is 6.92 Å². The standard InChI is InChI=1S/C17H28N5O6PS/c1-4-11(5-2)7-27-15(24)10(3)21-29(26)28-8-13-12(23)6-14(30-13)22-9-19-16(18)20-17(22)25/h9-14,23H,4-8H2,1-3H3,(H2-,18,20,21,25,26)/p+1/t10-,12+,13?,14+/m0/s1. The van der Waals surface area contributed by atoms with E-state index in [1.165, 1.54) is 22.7 Å². The zero-order chi connectivity index (χ0) is 22.3. The van der Waals surface area contributed by atoms with Crippen molar-refractivity contribution in [3.63, 3.8) is 0 Å². The number of aliphatic hydroxyl groups is 1. The average Bonchev–Trinajstić information content (AvgIpc) is 3.07. The van der Waals surface area contributed by atoms with E-state index in [2.05, 4.69) is 15.1 Å². The molecule has 0 spiro atoms. The summed E-state index contributed by atoms with van der Waals surface area (Å²) in [7, 11) is -2.34. The predicted molar refractivity (Wildman–Crippen MR) is 113 cm³/mol. The fourth-order valence-electron chi connectivity index (χ4n) is 2.83. The largest absolute Gasteiger partial charge is 0.613 e. The van der Waals surface area contributed by atoms with E-state index in [1.807, 2.05) is 13.8 Å². The first-order valence-electron chi connectivity index (χ1n) is 9.82. The summed E-state index contributed by atoms with van der Waals surface area (Å²) in [5.74, 6) is -0.304. The molecule has 1 aliphatic rings. The van der Waals surface area contributed by atoms with Crippen molar-refractivity contribution in [2.75, 3.05) is 18.9 Å². The van der Waals surface area contributed by atoms with E-state index >= 15 is 0 Å². The van der Waals surface area contributed by atoms with E-state index in [0.29, 0.717) is 12.5 Å². The molecule has 0 saturated carbocycles. The number of aromatic nitrogens is 3. The molecular formula is C17H29N5O6PS+. The molecular weight excluding hydrogens is 433 g/mol. The van der Waals surface area contributed by atoms with Crippen molar-refractivity contribution in [2.24, 2.45) is 5.92 Å². The SMILES string of the molecule is CCC(CC)COC(=O)[C@H](C)N[P+](=O)OCC1S[C@@H](n2cnc(N)nc2=O)C[C@H]1O. The second-order valence-corrected chi connectivity index (χ2v) is 9.51. The van der Waals surface area contributed by atoms with Gasteiger partial charge >= 0.3 is 19.8 Å². The van der Waals surface area contributed by atoms with Crippen LogP contribution in [0.1, 0.15) is 45.4 Å². The van der Waals surface area contributed by atoms with Crippen molar-refractivity contribution in [3.05, 3.63) is 16.8 Å². The number of carbonyl (C=O) groups is 1. The van der Waals surface area contributed by atoms with Crippen LogP contribution in [0.2, 0.25) is 0 Å². The summed E-state index contributed by atoms with van der Waals surface area (Å²) in [5.41, 5.74) is 4.83. The quantitative estimate of drug-likeness (QED) is 0.320. The highest BCUT2D eigenvalue weighted by molar-refractivity contribution is 8.00. The van der Waals surface area contributed by atoms with Crippen molar-refractivity contribution in [1.29, 1.82) is 0 Å². The highest BCUT2D eigenvalue weighted by atomic mass is 32.2. The summed E-state index contributed by atoms with van der Waals surface area (Å²) in [6, 6.07) is -0.789. The molecule has 0 radical (unpaired) electrons. The Morgan fingerprint density at radius 3 is 2.83 bits per heavy atom. The number of anilines is 1. The van der Waals surface area contributed by atoms with Crippen LogP contribution < -0.4 is 16.5 Å². The second-order valence-electron chi connectivity index (χ2n) is 7.05. The Bertz CT molecular complexity index is 792. The van der Waals surface area contributed by atoms with Crippen LogP contribution in [0.5, 0.6) is 0 Å². The molecule has 11 nitrogen and oxygen atoms in total. The fourth-order valence-corrected chi connectivity index (χ4v) is 5.15. The van der Waals surface area contributed by atoms with Crippen LogP contribution in [-0.2, 0) is 18.6 Å². The fraction of sp³-hybridized carbons (Fsp3) is 0.765. The molecule has 0 bridgehead atoms. The molecule has 13 heteroatoms. The van der Waals surface area contributed by atoms with Gasteiger partial charge in [0.05, 0.1) is 23.3 Å². The minimum atomic E-state index is -2.34. The Morgan fingerprint density at radius 2 is 2.20 bits per heavy atom. The molecule has 1 aromatic rings. The topological polar surface area (TPSA) is 159 Å². The van der Waals surface area contributed by atoms with Crippen LogP contribution in [0.4, 0.5) is 5.95 Å². The van der Waals surface area contributed by atoms with Crippen LogP contribution in [0.3, 0.4) is 0 Å². The van der Waals surface area contributed by atoms with Gasteiger partial charge in [0.2, 0.25) is 5.95 Å². The second kappa shape index (κ2) is 11.7. The van der Waals surface area contributed by atoms with Crippen molar-refractivity contribution in [1.82, 2.24) is 19.6 Å². The maximum Gasteiger partial charge on any atom is 0.613 e. The summed E-state index contributed by atoms with van der Waals surface area (Å²) in [6.45, 7) is 5.92. The van der Waals surface area contributed by atoms with Gasteiger partial charge in [-0.15, -0.1) is 16.3 Å². The average molecular weight is 462 g/mol. The number of rotatable bonds is 11. The van der Waals surface area contributed by atoms with Crippen molar-refractivity contribution >= 4 is 31.9 Å². The number of nitrogens with two attached hydrogens (primary N) is 1. The number of nitrogen functional groups attached to an aromatic ring is 1. The first kappa shape index (κ1) is 24.7. The molecule has 1 aliphatic heterocycles. The zero-order valence-corrected chi connectivity index (χ0v) is 19.0. The maximum atomic E-state index is 12.1. The lowest BCUT2D eigenvalue weighted by molar-refractivity contribution is -0.146. The van der Waals surface area contributed by atoms with E-state index in [-0.39, 0.29) is 24.3 Å². The molecule has 2 rings (SSSR count). The molecule has 0 aliphatic carbocycles. The zero-order valence-electron chi connectivity index (χ0n) is 17.3. The van der Waals surface area contributed by atoms with Crippen LogP contribution in [0.25, 0.3) is 0 Å². The number of nitrogens with zero attached hydrogens (tertiary/aromatic N) is 3. The number of hydrogen-bond acceptors (Lipinski definition) is 10. The van der Waals surface area contributed by atoms with Gasteiger partial charge in [-0.3, -0.25) is 9.36 Å². The van der Waals surface area contributed by atoms with E-state index in [9.17, 15) is 19.3 Å².